The van der Waals surface area contributed by atoms with E-state index in [-0.39, 0.29) is 5.41 Å². The van der Waals surface area contributed by atoms with Gasteiger partial charge in [0, 0.05) is 27.7 Å². The van der Waals surface area contributed by atoms with Gasteiger partial charge in [-0.3, -0.25) is 0 Å². The van der Waals surface area contributed by atoms with Crippen LogP contribution in [0.15, 0.2) is 182 Å². The first-order chi connectivity index (χ1) is 28.0. The molecule has 8 aromatic carbocycles. The summed E-state index contributed by atoms with van der Waals surface area (Å²) < 4.78 is 13.2. The van der Waals surface area contributed by atoms with E-state index in [1.165, 1.54) is 33.2 Å². The van der Waals surface area contributed by atoms with Crippen LogP contribution in [0, 0.1) is 0 Å². The molecule has 270 valence electrons. The minimum Gasteiger partial charge on any atom is -0.449 e. The van der Waals surface area contributed by atoms with Gasteiger partial charge in [0.05, 0.1) is 11.4 Å². The molecule has 2 heterocycles. The van der Waals surface area contributed by atoms with Gasteiger partial charge in [-0.05, 0) is 74.0 Å². The van der Waals surface area contributed by atoms with Gasteiger partial charge in [0.1, 0.15) is 0 Å². The Balaban J connectivity index is 0.962. The zero-order valence-electron chi connectivity index (χ0n) is 31.5. The zero-order valence-corrected chi connectivity index (χ0v) is 31.5. The van der Waals surface area contributed by atoms with Crippen molar-refractivity contribution in [3.8, 4) is 90.3 Å². The van der Waals surface area contributed by atoms with Gasteiger partial charge in [-0.25, -0.2) is 9.97 Å². The summed E-state index contributed by atoms with van der Waals surface area (Å²) in [4.78, 5) is 10.3. The first-order valence-corrected chi connectivity index (χ1v) is 19.4. The van der Waals surface area contributed by atoms with Crippen molar-refractivity contribution in [1.29, 1.82) is 0 Å². The molecule has 0 radical (unpaired) electrons. The van der Waals surface area contributed by atoms with E-state index in [2.05, 4.69) is 166 Å². The van der Waals surface area contributed by atoms with Gasteiger partial charge in [-0.1, -0.05) is 172 Å². The monoisotopic (exact) mass is 732 g/mol. The van der Waals surface area contributed by atoms with Crippen molar-refractivity contribution in [2.45, 2.75) is 19.3 Å². The average Bonchev–Trinajstić information content (AvgIpc) is 3.51. The molecule has 0 unspecified atom stereocenters. The highest BCUT2D eigenvalue weighted by Gasteiger charge is 2.39. The van der Waals surface area contributed by atoms with Crippen molar-refractivity contribution >= 4 is 10.8 Å². The minimum atomic E-state index is -0.124. The molecular formula is C53H36N2O2. The number of fused-ring (bicyclic) bond motifs is 7. The minimum absolute atomic E-state index is 0.124. The predicted molar refractivity (Wildman–Crippen MR) is 231 cm³/mol. The molecule has 2 aliphatic rings. The molecule has 0 saturated heterocycles. The van der Waals surface area contributed by atoms with Crippen molar-refractivity contribution in [3.05, 3.63) is 193 Å². The molecule has 0 bridgehead atoms. The Morgan fingerprint density at radius 1 is 0.386 bits per heavy atom. The van der Waals surface area contributed by atoms with Crippen LogP contribution in [-0.2, 0) is 5.41 Å². The summed E-state index contributed by atoms with van der Waals surface area (Å²) in [5.41, 5.74) is 14.0. The summed E-state index contributed by atoms with van der Waals surface area (Å²) in [6.07, 6.45) is 0. The predicted octanol–water partition coefficient (Wildman–Crippen LogP) is 14.2. The maximum absolute atomic E-state index is 6.76. The van der Waals surface area contributed by atoms with Crippen molar-refractivity contribution < 1.29 is 9.47 Å². The number of nitrogens with zero attached hydrogens (tertiary/aromatic N) is 2. The van der Waals surface area contributed by atoms with Gasteiger partial charge in [0.15, 0.2) is 28.8 Å². The zero-order chi connectivity index (χ0) is 38.1. The van der Waals surface area contributed by atoms with Gasteiger partial charge in [-0.2, -0.15) is 0 Å². The highest BCUT2D eigenvalue weighted by atomic mass is 16.6. The first kappa shape index (κ1) is 33.1. The van der Waals surface area contributed by atoms with Crippen LogP contribution in [-0.4, -0.2) is 9.97 Å². The maximum Gasteiger partial charge on any atom is 0.178 e. The number of ether oxygens (including phenoxy) is 2. The molecule has 9 aromatic rings. The summed E-state index contributed by atoms with van der Waals surface area (Å²) in [6, 6.07) is 63.5. The van der Waals surface area contributed by atoms with Gasteiger partial charge in [-0.15, -0.1) is 0 Å². The van der Waals surface area contributed by atoms with Gasteiger partial charge in [0.2, 0.25) is 0 Å². The molecule has 1 aliphatic heterocycles. The summed E-state index contributed by atoms with van der Waals surface area (Å²) in [5, 5.41) is 2.34. The lowest BCUT2D eigenvalue weighted by Gasteiger charge is -2.25. The van der Waals surface area contributed by atoms with Crippen LogP contribution < -0.4 is 9.47 Å². The first-order valence-electron chi connectivity index (χ1n) is 19.4. The van der Waals surface area contributed by atoms with E-state index in [1.54, 1.807) is 0 Å². The highest BCUT2D eigenvalue weighted by molar-refractivity contribution is 6.04. The SMILES string of the molecule is CC1(C)c2ccccc2-c2c1ccc1c2Oc2cc(-c3ccc(-c4cc(-c5ccc(-c6ccccc6)c6ccccc56)nc(-c5ccccc5)n4)cc3)ccc2O1. The molecule has 0 fully saturated rings. The van der Waals surface area contributed by atoms with Gasteiger partial charge >= 0.3 is 0 Å². The standard InChI is InChI=1S/C53H36N2O2/c1-53(2)43-20-12-11-19-42(43)50-44(53)28-30-48-51(50)57-49-31-37(25-29-47(49)56-48)33-21-23-35(24-22-33)45-32-46(55-52(54-45)36-15-7-4-8-16-36)41-27-26-38(34-13-5-3-6-14-34)39-17-9-10-18-40(39)41/h3-32H,1-2H3. The fourth-order valence-corrected chi connectivity index (χ4v) is 8.68. The fourth-order valence-electron chi connectivity index (χ4n) is 8.68. The third-order valence-electron chi connectivity index (χ3n) is 11.6. The van der Waals surface area contributed by atoms with E-state index in [1.807, 2.05) is 30.3 Å². The Labute approximate surface area is 331 Å². The topological polar surface area (TPSA) is 44.2 Å². The molecule has 0 saturated carbocycles. The summed E-state index contributed by atoms with van der Waals surface area (Å²) in [7, 11) is 0. The van der Waals surface area contributed by atoms with Crippen molar-refractivity contribution in [2.24, 2.45) is 0 Å². The Bertz CT molecular complexity index is 3030. The Hall–Kier alpha value is -7.30. The van der Waals surface area contributed by atoms with E-state index in [9.17, 15) is 0 Å². The molecule has 11 rings (SSSR count). The van der Waals surface area contributed by atoms with E-state index in [0.717, 1.165) is 61.7 Å². The summed E-state index contributed by atoms with van der Waals surface area (Å²) >= 11 is 0. The summed E-state index contributed by atoms with van der Waals surface area (Å²) in [6.45, 7) is 4.55. The van der Waals surface area contributed by atoms with Crippen LogP contribution in [0.25, 0.3) is 78.1 Å². The quantitative estimate of drug-likeness (QED) is 0.177. The van der Waals surface area contributed by atoms with Gasteiger partial charge in [0.25, 0.3) is 0 Å². The Morgan fingerprint density at radius 2 is 1.00 bits per heavy atom. The second-order valence-corrected chi connectivity index (χ2v) is 15.3. The van der Waals surface area contributed by atoms with E-state index in [0.29, 0.717) is 17.3 Å². The maximum atomic E-state index is 6.76. The van der Waals surface area contributed by atoms with Crippen molar-refractivity contribution in [2.75, 3.05) is 0 Å². The van der Waals surface area contributed by atoms with Crippen molar-refractivity contribution in [3.63, 3.8) is 0 Å². The van der Waals surface area contributed by atoms with E-state index in [4.69, 9.17) is 19.4 Å². The van der Waals surface area contributed by atoms with Crippen LogP contribution in [0.1, 0.15) is 25.0 Å². The molecule has 1 aromatic heterocycles. The molecule has 4 nitrogen and oxygen atoms in total. The molecule has 57 heavy (non-hydrogen) atoms. The van der Waals surface area contributed by atoms with Crippen LogP contribution in [0.5, 0.6) is 23.0 Å². The second kappa shape index (κ2) is 12.9. The van der Waals surface area contributed by atoms with Crippen molar-refractivity contribution in [1.82, 2.24) is 9.97 Å². The average molecular weight is 733 g/mol. The van der Waals surface area contributed by atoms with E-state index >= 15 is 0 Å². The van der Waals surface area contributed by atoms with Crippen LogP contribution in [0.3, 0.4) is 0 Å². The van der Waals surface area contributed by atoms with Gasteiger partial charge < -0.3 is 9.47 Å². The lowest BCUT2D eigenvalue weighted by Crippen LogP contribution is -2.15. The molecule has 0 spiro atoms. The molecule has 0 atom stereocenters. The fraction of sp³-hybridized carbons (Fsp3) is 0.0566. The summed E-state index contributed by atoms with van der Waals surface area (Å²) in [5.74, 6) is 3.62. The third-order valence-corrected chi connectivity index (χ3v) is 11.6. The Kier molecular flexibility index (Phi) is 7.48. The number of benzene rings is 8. The number of rotatable bonds is 5. The molecule has 0 N–H and O–H groups in total. The normalized spacial score (nSPS) is 13.2. The largest absolute Gasteiger partial charge is 0.449 e. The number of hydrogen-bond acceptors (Lipinski definition) is 4. The molecular weight excluding hydrogens is 697 g/mol. The lowest BCUT2D eigenvalue weighted by atomic mass is 9.82. The number of hydrogen-bond donors (Lipinski definition) is 0. The van der Waals surface area contributed by atoms with Crippen LogP contribution in [0.2, 0.25) is 0 Å². The van der Waals surface area contributed by atoms with Crippen LogP contribution >= 0.6 is 0 Å². The number of aromatic nitrogens is 2. The smallest absolute Gasteiger partial charge is 0.178 e. The lowest BCUT2D eigenvalue weighted by molar-refractivity contribution is 0.360. The Morgan fingerprint density at radius 3 is 1.79 bits per heavy atom. The highest BCUT2D eigenvalue weighted by Crippen LogP contribution is 2.58. The second-order valence-electron chi connectivity index (χ2n) is 15.3. The molecule has 1 aliphatic carbocycles. The third kappa shape index (κ3) is 5.44. The van der Waals surface area contributed by atoms with Crippen LogP contribution in [0.4, 0.5) is 0 Å². The van der Waals surface area contributed by atoms with E-state index < -0.39 is 0 Å². The molecule has 4 heteroatoms. The molecule has 0 amide bonds.